The summed E-state index contributed by atoms with van der Waals surface area (Å²) in [5, 5.41) is 11.9. The van der Waals surface area contributed by atoms with E-state index in [-0.39, 0.29) is 11.6 Å². The van der Waals surface area contributed by atoms with E-state index in [1.807, 2.05) is 31.2 Å². The van der Waals surface area contributed by atoms with E-state index in [1.54, 1.807) is 47.4 Å². The van der Waals surface area contributed by atoms with Crippen molar-refractivity contribution < 1.29 is 14.1 Å². The summed E-state index contributed by atoms with van der Waals surface area (Å²) < 4.78 is 5.81. The zero-order chi connectivity index (χ0) is 22.7. The van der Waals surface area contributed by atoms with Crippen molar-refractivity contribution in [1.82, 2.24) is 4.90 Å². The first-order chi connectivity index (χ1) is 15.5. The van der Waals surface area contributed by atoms with Gasteiger partial charge in [0.1, 0.15) is 11.5 Å². The molecule has 1 aromatic heterocycles. The van der Waals surface area contributed by atoms with Crippen molar-refractivity contribution in [2.24, 2.45) is 4.99 Å². The van der Waals surface area contributed by atoms with Crippen LogP contribution < -0.4 is 0 Å². The summed E-state index contributed by atoms with van der Waals surface area (Å²) in [6.45, 7) is 6.05. The Labute approximate surface area is 188 Å². The average molecular weight is 446 g/mol. The number of amidine groups is 1. The number of rotatable bonds is 6. The summed E-state index contributed by atoms with van der Waals surface area (Å²) in [5.74, 6) is 0.574. The fourth-order valence-electron chi connectivity index (χ4n) is 3.16. The van der Waals surface area contributed by atoms with Crippen molar-refractivity contribution in [2.45, 2.75) is 6.92 Å². The Morgan fingerprint density at radius 2 is 1.91 bits per heavy atom. The van der Waals surface area contributed by atoms with E-state index in [4.69, 9.17) is 4.42 Å². The number of benzene rings is 2. The maximum atomic E-state index is 13.0. The second-order valence-corrected chi connectivity index (χ2v) is 8.03. The molecule has 0 unspecified atom stereocenters. The number of carbonyl (C=O) groups excluding carboxylic acids is 1. The number of nitro groups is 1. The highest BCUT2D eigenvalue weighted by Gasteiger charge is 2.33. The lowest BCUT2D eigenvalue weighted by molar-refractivity contribution is -0.384. The molecule has 3 aromatic rings. The van der Waals surface area contributed by atoms with Crippen LogP contribution in [0.25, 0.3) is 17.4 Å². The van der Waals surface area contributed by atoms with Crippen molar-refractivity contribution in [3.8, 4) is 11.3 Å². The maximum Gasteiger partial charge on any atom is 0.280 e. The molecule has 0 N–H and O–H groups in total. The molecule has 1 amide bonds. The lowest BCUT2D eigenvalue weighted by Crippen LogP contribution is -2.29. The minimum atomic E-state index is -0.451. The van der Waals surface area contributed by atoms with Gasteiger partial charge in [-0.2, -0.15) is 0 Å². The molecule has 8 heteroatoms. The average Bonchev–Trinajstić information content (AvgIpc) is 3.36. The fraction of sp³-hybridized carbons (Fsp3) is 0.0833. The van der Waals surface area contributed by atoms with Gasteiger partial charge in [0.05, 0.1) is 21.1 Å². The van der Waals surface area contributed by atoms with E-state index in [1.165, 1.54) is 17.8 Å². The number of amides is 1. The summed E-state index contributed by atoms with van der Waals surface area (Å²) in [6, 6.07) is 17.4. The molecule has 2 aromatic carbocycles. The molecule has 160 valence electrons. The van der Waals surface area contributed by atoms with Crippen LogP contribution in [0.2, 0.25) is 0 Å². The second-order valence-electron chi connectivity index (χ2n) is 7.02. The van der Waals surface area contributed by atoms with Gasteiger partial charge in [-0.1, -0.05) is 35.9 Å². The standard InChI is InChI=1S/C24H19N3O4S/c1-3-14-26-23(28)22(32-24(26)25-17-10-8-16(2)9-11-17)15-18-12-13-21(31-18)19-6-4-5-7-20(19)27(29)30/h3-13,15H,1,14H2,2H3/b22-15-,25-24?. The monoisotopic (exact) mass is 445 g/mol. The molecule has 1 aliphatic heterocycles. The molecule has 0 atom stereocenters. The van der Waals surface area contributed by atoms with Gasteiger partial charge in [-0.3, -0.25) is 19.8 Å². The summed E-state index contributed by atoms with van der Waals surface area (Å²) in [4.78, 5) is 30.4. The highest BCUT2D eigenvalue weighted by atomic mass is 32.2. The van der Waals surface area contributed by atoms with E-state index in [0.717, 1.165) is 11.3 Å². The van der Waals surface area contributed by atoms with Gasteiger partial charge in [0.2, 0.25) is 0 Å². The van der Waals surface area contributed by atoms with Gasteiger partial charge in [-0.15, -0.1) is 6.58 Å². The van der Waals surface area contributed by atoms with Gasteiger partial charge in [-0.25, -0.2) is 4.99 Å². The van der Waals surface area contributed by atoms with Gasteiger partial charge in [0, 0.05) is 18.7 Å². The molecule has 4 rings (SSSR count). The number of aryl methyl sites for hydroxylation is 1. The van der Waals surface area contributed by atoms with Crippen LogP contribution in [-0.2, 0) is 4.79 Å². The Bertz CT molecular complexity index is 1260. The van der Waals surface area contributed by atoms with Crippen molar-refractivity contribution in [3.63, 3.8) is 0 Å². The number of nitro benzene ring substituents is 1. The predicted molar refractivity (Wildman–Crippen MR) is 127 cm³/mol. The van der Waals surface area contributed by atoms with E-state index in [0.29, 0.717) is 33.7 Å². The number of para-hydroxylation sites is 1. The van der Waals surface area contributed by atoms with Crippen molar-refractivity contribution >= 4 is 40.3 Å². The third-order valence-electron chi connectivity index (χ3n) is 4.72. The number of hydrogen-bond acceptors (Lipinski definition) is 6. The summed E-state index contributed by atoms with van der Waals surface area (Å²) in [7, 11) is 0. The molecular weight excluding hydrogens is 426 g/mol. The van der Waals surface area contributed by atoms with E-state index < -0.39 is 4.92 Å². The number of nitrogens with zero attached hydrogens (tertiary/aromatic N) is 3. The number of hydrogen-bond donors (Lipinski definition) is 0. The van der Waals surface area contributed by atoms with Crippen molar-refractivity contribution in [3.05, 3.63) is 99.7 Å². The van der Waals surface area contributed by atoms with E-state index >= 15 is 0 Å². The van der Waals surface area contributed by atoms with Gasteiger partial charge < -0.3 is 4.42 Å². The SMILES string of the molecule is C=CCN1C(=O)/C(=C/c2ccc(-c3ccccc3[N+](=O)[O-])o2)SC1=Nc1ccc(C)cc1. The number of furan rings is 1. The molecule has 0 radical (unpaired) electrons. The lowest BCUT2D eigenvalue weighted by Gasteiger charge is -2.12. The van der Waals surface area contributed by atoms with Crippen LogP contribution in [0.3, 0.4) is 0 Å². The smallest absolute Gasteiger partial charge is 0.280 e. The number of aliphatic imine (C=N–C) groups is 1. The molecule has 32 heavy (non-hydrogen) atoms. The zero-order valence-corrected chi connectivity index (χ0v) is 18.0. The third-order valence-corrected chi connectivity index (χ3v) is 5.73. The molecule has 2 heterocycles. The lowest BCUT2D eigenvalue weighted by atomic mass is 10.1. The zero-order valence-electron chi connectivity index (χ0n) is 17.2. The van der Waals surface area contributed by atoms with Crippen LogP contribution in [0.5, 0.6) is 0 Å². The Morgan fingerprint density at radius 3 is 2.62 bits per heavy atom. The first-order valence-corrected chi connectivity index (χ1v) is 10.6. The minimum absolute atomic E-state index is 0.0444. The Morgan fingerprint density at radius 1 is 1.16 bits per heavy atom. The largest absolute Gasteiger partial charge is 0.456 e. The highest BCUT2D eigenvalue weighted by Crippen LogP contribution is 2.36. The fourth-order valence-corrected chi connectivity index (χ4v) is 4.14. The van der Waals surface area contributed by atoms with Crippen LogP contribution >= 0.6 is 11.8 Å². The molecule has 0 aliphatic carbocycles. The number of thioether (sulfide) groups is 1. The Hall–Kier alpha value is -3.91. The third kappa shape index (κ3) is 4.40. The second kappa shape index (κ2) is 9.07. The highest BCUT2D eigenvalue weighted by molar-refractivity contribution is 8.18. The molecule has 0 bridgehead atoms. The van der Waals surface area contributed by atoms with Gasteiger partial charge in [-0.05, 0) is 49.0 Å². The van der Waals surface area contributed by atoms with Crippen LogP contribution in [-0.4, -0.2) is 27.4 Å². The van der Waals surface area contributed by atoms with Crippen molar-refractivity contribution in [1.29, 1.82) is 0 Å². The minimum Gasteiger partial charge on any atom is -0.456 e. The van der Waals surface area contributed by atoms with Crippen LogP contribution in [0.15, 0.2) is 87.6 Å². The van der Waals surface area contributed by atoms with Gasteiger partial charge in [0.25, 0.3) is 11.6 Å². The molecule has 0 saturated carbocycles. The summed E-state index contributed by atoms with van der Waals surface area (Å²) in [5.41, 5.74) is 2.21. The maximum absolute atomic E-state index is 13.0. The van der Waals surface area contributed by atoms with E-state index in [9.17, 15) is 14.9 Å². The van der Waals surface area contributed by atoms with Crippen LogP contribution in [0, 0.1) is 17.0 Å². The number of carbonyl (C=O) groups is 1. The molecular formula is C24H19N3O4S. The molecule has 0 spiro atoms. The van der Waals surface area contributed by atoms with Gasteiger partial charge in [0.15, 0.2) is 5.17 Å². The van der Waals surface area contributed by atoms with Crippen LogP contribution in [0.1, 0.15) is 11.3 Å². The predicted octanol–water partition coefficient (Wildman–Crippen LogP) is 5.95. The first kappa shape index (κ1) is 21.3. The Balaban J connectivity index is 1.65. The van der Waals surface area contributed by atoms with Crippen molar-refractivity contribution in [2.75, 3.05) is 6.54 Å². The molecule has 1 aliphatic rings. The summed E-state index contributed by atoms with van der Waals surface area (Å²) >= 11 is 1.25. The van der Waals surface area contributed by atoms with Gasteiger partial charge >= 0.3 is 0 Å². The quantitative estimate of drug-likeness (QED) is 0.202. The van der Waals surface area contributed by atoms with Crippen LogP contribution in [0.4, 0.5) is 11.4 Å². The summed E-state index contributed by atoms with van der Waals surface area (Å²) in [6.07, 6.45) is 3.27. The Kier molecular flexibility index (Phi) is 6.04. The topological polar surface area (TPSA) is 89.0 Å². The molecule has 7 nitrogen and oxygen atoms in total. The molecule has 1 saturated heterocycles. The first-order valence-electron chi connectivity index (χ1n) is 9.77. The molecule has 1 fully saturated rings. The normalized spacial score (nSPS) is 16.2. The van der Waals surface area contributed by atoms with E-state index in [2.05, 4.69) is 11.6 Å².